The molecule has 0 fully saturated rings. The lowest BCUT2D eigenvalue weighted by Crippen LogP contribution is -2.32. The van der Waals surface area contributed by atoms with Crippen LogP contribution in [0, 0.1) is 0 Å². The Kier molecular flexibility index (Phi) is 10.7. The Bertz CT molecular complexity index is 1660. The molecule has 4 aromatic rings. The Morgan fingerprint density at radius 1 is 0.750 bits per heavy atom. The number of rotatable bonds is 12. The van der Waals surface area contributed by atoms with E-state index in [1.807, 2.05) is 17.5 Å². The number of hydrazone groups is 1. The molecule has 0 bridgehead atoms. The predicted octanol–water partition coefficient (Wildman–Crippen LogP) is 4.92. The highest BCUT2D eigenvalue weighted by Crippen LogP contribution is 2.38. The van der Waals surface area contributed by atoms with Gasteiger partial charge in [-0.25, -0.2) is 10.2 Å². The summed E-state index contributed by atoms with van der Waals surface area (Å²) in [6.45, 7) is 0. The average Bonchev–Trinajstić information content (AvgIpc) is 3.57. The first-order valence-electron chi connectivity index (χ1n) is 13.0. The van der Waals surface area contributed by atoms with Gasteiger partial charge in [0.15, 0.2) is 23.0 Å². The maximum Gasteiger partial charge on any atom is 0.343 e. The summed E-state index contributed by atoms with van der Waals surface area (Å²) in [5.74, 6) is -0.409. The maximum absolute atomic E-state index is 13.0. The van der Waals surface area contributed by atoms with Crippen LogP contribution in [0.3, 0.4) is 0 Å². The van der Waals surface area contributed by atoms with Crippen molar-refractivity contribution >= 4 is 41.4 Å². The van der Waals surface area contributed by atoms with Crippen molar-refractivity contribution in [2.45, 2.75) is 0 Å². The molecule has 4 rings (SSSR count). The maximum atomic E-state index is 13.0. The standard InChI is InChI=1S/C32H29N3O8S/c1-39-26-15-20(12-13-25(26)43-32(38)22-16-27(40-2)29(42-4)28(17-22)41-3)19-33-35-31(37)24(18-23-11-8-14-44-23)34-30(36)21-9-6-5-7-10-21/h5-19H,1-4H3,(H,34,36)(H,35,37). The van der Waals surface area contributed by atoms with Gasteiger partial charge in [0.2, 0.25) is 5.75 Å². The van der Waals surface area contributed by atoms with Crippen molar-refractivity contribution in [2.24, 2.45) is 5.10 Å². The summed E-state index contributed by atoms with van der Waals surface area (Å²) in [5.41, 5.74) is 3.55. The second-order valence-corrected chi connectivity index (χ2v) is 9.79. The van der Waals surface area contributed by atoms with Crippen LogP contribution in [0.4, 0.5) is 0 Å². The van der Waals surface area contributed by atoms with E-state index in [0.717, 1.165) is 4.88 Å². The van der Waals surface area contributed by atoms with Crippen molar-refractivity contribution in [3.63, 3.8) is 0 Å². The number of carbonyl (C=O) groups excluding carboxylic acids is 3. The van der Waals surface area contributed by atoms with E-state index in [-0.39, 0.29) is 22.8 Å². The molecular formula is C32H29N3O8S. The van der Waals surface area contributed by atoms with Crippen LogP contribution < -0.4 is 34.4 Å². The van der Waals surface area contributed by atoms with Crippen molar-refractivity contribution < 1.29 is 38.1 Å². The number of nitrogens with one attached hydrogen (secondary N) is 2. The summed E-state index contributed by atoms with van der Waals surface area (Å²) in [7, 11) is 5.77. The summed E-state index contributed by atoms with van der Waals surface area (Å²) in [4.78, 5) is 39.4. The summed E-state index contributed by atoms with van der Waals surface area (Å²) in [6.07, 6.45) is 2.95. The molecule has 44 heavy (non-hydrogen) atoms. The van der Waals surface area contributed by atoms with Crippen LogP contribution in [0.1, 0.15) is 31.2 Å². The Labute approximate surface area is 257 Å². The first-order valence-corrected chi connectivity index (χ1v) is 13.9. The smallest absolute Gasteiger partial charge is 0.343 e. The van der Waals surface area contributed by atoms with Crippen LogP contribution in [-0.2, 0) is 4.79 Å². The van der Waals surface area contributed by atoms with Crippen LogP contribution in [-0.4, -0.2) is 52.4 Å². The molecule has 0 spiro atoms. The highest BCUT2D eigenvalue weighted by Gasteiger charge is 2.20. The molecular weight excluding hydrogens is 586 g/mol. The normalized spacial score (nSPS) is 11.0. The van der Waals surface area contributed by atoms with Crippen LogP contribution >= 0.6 is 11.3 Å². The van der Waals surface area contributed by atoms with Gasteiger partial charge >= 0.3 is 5.97 Å². The van der Waals surface area contributed by atoms with Crippen molar-refractivity contribution in [3.8, 4) is 28.7 Å². The molecule has 0 aliphatic heterocycles. The molecule has 1 aromatic heterocycles. The van der Waals surface area contributed by atoms with E-state index in [0.29, 0.717) is 28.4 Å². The number of ether oxygens (including phenoxy) is 5. The lowest BCUT2D eigenvalue weighted by atomic mass is 10.1. The molecule has 0 aliphatic carbocycles. The lowest BCUT2D eigenvalue weighted by molar-refractivity contribution is -0.117. The number of methoxy groups -OCH3 is 4. The molecule has 2 N–H and O–H groups in total. The molecule has 11 nitrogen and oxygen atoms in total. The second kappa shape index (κ2) is 15.0. The van der Waals surface area contributed by atoms with Gasteiger partial charge in [-0.2, -0.15) is 5.10 Å². The zero-order chi connectivity index (χ0) is 31.5. The number of esters is 1. The Hall–Kier alpha value is -5.62. The van der Waals surface area contributed by atoms with E-state index in [1.54, 1.807) is 48.5 Å². The van der Waals surface area contributed by atoms with Gasteiger partial charge < -0.3 is 29.0 Å². The largest absolute Gasteiger partial charge is 0.493 e. The van der Waals surface area contributed by atoms with Gasteiger partial charge in [0.25, 0.3) is 11.8 Å². The fourth-order valence-corrected chi connectivity index (χ4v) is 4.55. The van der Waals surface area contributed by atoms with Gasteiger partial charge in [0, 0.05) is 10.4 Å². The SMILES string of the molecule is COc1cc(C=NNC(=O)C(=Cc2cccs2)NC(=O)c2ccccc2)ccc1OC(=O)c1cc(OC)c(OC)c(OC)c1. The van der Waals surface area contributed by atoms with Crippen LogP contribution in [0.2, 0.25) is 0 Å². The highest BCUT2D eigenvalue weighted by atomic mass is 32.1. The van der Waals surface area contributed by atoms with Gasteiger partial charge in [-0.15, -0.1) is 11.3 Å². The molecule has 0 atom stereocenters. The van der Waals surface area contributed by atoms with Gasteiger partial charge in [0.1, 0.15) is 5.70 Å². The monoisotopic (exact) mass is 615 g/mol. The van der Waals surface area contributed by atoms with Crippen molar-refractivity contribution in [1.82, 2.24) is 10.7 Å². The van der Waals surface area contributed by atoms with Crippen LogP contribution in [0.5, 0.6) is 28.7 Å². The van der Waals surface area contributed by atoms with E-state index in [1.165, 1.54) is 64.2 Å². The molecule has 2 amide bonds. The Balaban J connectivity index is 1.47. The Morgan fingerprint density at radius 3 is 2.07 bits per heavy atom. The molecule has 0 saturated heterocycles. The number of amides is 2. The van der Waals surface area contributed by atoms with E-state index in [4.69, 9.17) is 23.7 Å². The molecule has 0 aliphatic rings. The van der Waals surface area contributed by atoms with Crippen molar-refractivity contribution in [3.05, 3.63) is 105 Å². The van der Waals surface area contributed by atoms with Gasteiger partial charge in [0.05, 0.1) is 40.2 Å². The third kappa shape index (κ3) is 7.81. The van der Waals surface area contributed by atoms with E-state index in [9.17, 15) is 14.4 Å². The second-order valence-electron chi connectivity index (χ2n) is 8.81. The van der Waals surface area contributed by atoms with Gasteiger partial charge in [-0.3, -0.25) is 9.59 Å². The minimum atomic E-state index is -0.682. The minimum absolute atomic E-state index is 0.0186. The fraction of sp³-hybridized carbons (Fsp3) is 0.125. The third-order valence-electron chi connectivity index (χ3n) is 6.03. The highest BCUT2D eigenvalue weighted by molar-refractivity contribution is 7.10. The van der Waals surface area contributed by atoms with Crippen molar-refractivity contribution in [1.29, 1.82) is 0 Å². The van der Waals surface area contributed by atoms with E-state index < -0.39 is 17.8 Å². The molecule has 1 heterocycles. The summed E-state index contributed by atoms with van der Waals surface area (Å²) in [5, 5.41) is 8.53. The number of hydrogen-bond donors (Lipinski definition) is 2. The van der Waals surface area contributed by atoms with Gasteiger partial charge in [-0.05, 0) is 65.6 Å². The molecule has 0 saturated carbocycles. The fourth-order valence-electron chi connectivity index (χ4n) is 3.89. The zero-order valence-electron chi connectivity index (χ0n) is 24.3. The summed E-state index contributed by atoms with van der Waals surface area (Å²) >= 11 is 1.41. The van der Waals surface area contributed by atoms with Crippen LogP contribution in [0.15, 0.2) is 89.0 Å². The van der Waals surface area contributed by atoms with E-state index >= 15 is 0 Å². The first-order chi connectivity index (χ1) is 21.4. The molecule has 3 aromatic carbocycles. The predicted molar refractivity (Wildman–Crippen MR) is 166 cm³/mol. The Morgan fingerprint density at radius 2 is 1.45 bits per heavy atom. The third-order valence-corrected chi connectivity index (χ3v) is 6.85. The van der Waals surface area contributed by atoms with Gasteiger partial charge in [-0.1, -0.05) is 24.3 Å². The number of nitrogens with zero attached hydrogens (tertiary/aromatic N) is 1. The molecule has 0 radical (unpaired) electrons. The number of hydrogen-bond acceptors (Lipinski definition) is 10. The molecule has 226 valence electrons. The number of benzene rings is 3. The number of thiophene rings is 1. The summed E-state index contributed by atoms with van der Waals surface area (Å²) in [6, 6.07) is 19.9. The minimum Gasteiger partial charge on any atom is -0.493 e. The quantitative estimate of drug-likeness (QED) is 0.0754. The topological polar surface area (TPSA) is 134 Å². The average molecular weight is 616 g/mol. The lowest BCUT2D eigenvalue weighted by Gasteiger charge is -2.14. The van der Waals surface area contributed by atoms with Crippen LogP contribution in [0.25, 0.3) is 6.08 Å². The first kappa shape index (κ1) is 31.3. The molecule has 12 heteroatoms. The van der Waals surface area contributed by atoms with Crippen molar-refractivity contribution in [2.75, 3.05) is 28.4 Å². The molecule has 0 unspecified atom stereocenters. The number of carbonyl (C=O) groups is 3. The zero-order valence-corrected chi connectivity index (χ0v) is 25.1. The van der Waals surface area contributed by atoms with E-state index in [2.05, 4.69) is 15.8 Å². The summed E-state index contributed by atoms with van der Waals surface area (Å²) < 4.78 is 26.9.